The first kappa shape index (κ1) is 26.1. The first-order chi connectivity index (χ1) is 17.5. The Morgan fingerprint density at radius 3 is 2.58 bits per heavy atom. The zero-order valence-electron chi connectivity index (χ0n) is 21.5. The van der Waals surface area contributed by atoms with Gasteiger partial charge < -0.3 is 14.4 Å². The SMILES string of the molecule is CCOC(=O)C1(CCCc2c(F)cnc3ccc(OC)cc23)CCN(CCCc2ccccc2)CC1. The summed E-state index contributed by atoms with van der Waals surface area (Å²) >= 11 is 0. The summed E-state index contributed by atoms with van der Waals surface area (Å²) in [5.41, 5.74) is 2.25. The minimum atomic E-state index is -0.497. The van der Waals surface area contributed by atoms with Crippen molar-refractivity contribution in [1.29, 1.82) is 0 Å². The number of fused-ring (bicyclic) bond motifs is 1. The highest BCUT2D eigenvalue weighted by Gasteiger charge is 2.42. The maximum absolute atomic E-state index is 14.8. The summed E-state index contributed by atoms with van der Waals surface area (Å²) in [5.74, 6) is 0.267. The monoisotopic (exact) mass is 492 g/mol. The smallest absolute Gasteiger partial charge is 0.312 e. The van der Waals surface area contributed by atoms with E-state index in [1.54, 1.807) is 7.11 Å². The molecule has 0 amide bonds. The average Bonchev–Trinajstić information content (AvgIpc) is 2.91. The Bertz CT molecular complexity index is 1140. The number of rotatable bonds is 11. The van der Waals surface area contributed by atoms with Gasteiger partial charge in [-0.05, 0) is 101 Å². The Kier molecular flexibility index (Phi) is 8.92. The molecule has 1 saturated heterocycles. The highest BCUT2D eigenvalue weighted by atomic mass is 19.1. The summed E-state index contributed by atoms with van der Waals surface area (Å²) in [6, 6.07) is 16.1. The number of pyridine rings is 1. The fraction of sp³-hybridized carbons (Fsp3) is 0.467. The predicted molar refractivity (Wildman–Crippen MR) is 141 cm³/mol. The normalized spacial score (nSPS) is 15.6. The molecule has 1 aliphatic heterocycles. The molecule has 0 bridgehead atoms. The minimum absolute atomic E-state index is 0.101. The highest BCUT2D eigenvalue weighted by Crippen LogP contribution is 2.39. The highest BCUT2D eigenvalue weighted by molar-refractivity contribution is 5.83. The molecule has 2 aromatic carbocycles. The largest absolute Gasteiger partial charge is 0.497 e. The van der Waals surface area contributed by atoms with Crippen LogP contribution in [0.25, 0.3) is 10.9 Å². The van der Waals surface area contributed by atoms with Crippen LogP contribution in [0.4, 0.5) is 4.39 Å². The number of aromatic nitrogens is 1. The molecule has 0 saturated carbocycles. The second-order valence-corrected chi connectivity index (χ2v) is 9.75. The first-order valence-corrected chi connectivity index (χ1v) is 13.1. The molecule has 2 heterocycles. The van der Waals surface area contributed by atoms with E-state index in [4.69, 9.17) is 9.47 Å². The van der Waals surface area contributed by atoms with Gasteiger partial charge in [-0.1, -0.05) is 30.3 Å². The lowest BCUT2D eigenvalue weighted by Gasteiger charge is -2.40. The van der Waals surface area contributed by atoms with Crippen molar-refractivity contribution in [3.05, 3.63) is 71.7 Å². The van der Waals surface area contributed by atoms with Crippen molar-refractivity contribution in [3.8, 4) is 5.75 Å². The van der Waals surface area contributed by atoms with Crippen LogP contribution in [0.3, 0.4) is 0 Å². The maximum atomic E-state index is 14.8. The number of halogens is 1. The number of carbonyl (C=O) groups excluding carboxylic acids is 1. The molecular weight excluding hydrogens is 455 g/mol. The molecule has 192 valence electrons. The number of benzene rings is 2. The van der Waals surface area contributed by atoms with Gasteiger partial charge in [0.2, 0.25) is 0 Å². The van der Waals surface area contributed by atoms with Crippen LogP contribution < -0.4 is 4.74 Å². The van der Waals surface area contributed by atoms with E-state index in [-0.39, 0.29) is 11.8 Å². The van der Waals surface area contributed by atoms with Gasteiger partial charge in [0.1, 0.15) is 11.6 Å². The first-order valence-electron chi connectivity index (χ1n) is 13.1. The van der Waals surface area contributed by atoms with Gasteiger partial charge in [0, 0.05) is 5.39 Å². The van der Waals surface area contributed by atoms with Crippen molar-refractivity contribution in [2.24, 2.45) is 5.41 Å². The second kappa shape index (κ2) is 12.3. The molecule has 0 spiro atoms. The molecule has 0 N–H and O–H groups in total. The van der Waals surface area contributed by atoms with Crippen molar-refractivity contribution < 1.29 is 18.7 Å². The van der Waals surface area contributed by atoms with Gasteiger partial charge in [-0.15, -0.1) is 0 Å². The van der Waals surface area contributed by atoms with Crippen molar-refractivity contribution in [2.75, 3.05) is 33.4 Å². The molecule has 6 heteroatoms. The van der Waals surface area contributed by atoms with Gasteiger partial charge in [-0.25, -0.2) is 4.39 Å². The van der Waals surface area contributed by atoms with Crippen molar-refractivity contribution in [2.45, 2.75) is 51.9 Å². The molecule has 0 unspecified atom stereocenters. The van der Waals surface area contributed by atoms with E-state index in [0.29, 0.717) is 37.2 Å². The fourth-order valence-electron chi connectivity index (χ4n) is 5.38. The topological polar surface area (TPSA) is 51.7 Å². The summed E-state index contributed by atoms with van der Waals surface area (Å²) in [5, 5.41) is 0.771. The van der Waals surface area contributed by atoms with Crippen LogP contribution in [0.15, 0.2) is 54.7 Å². The summed E-state index contributed by atoms with van der Waals surface area (Å²) < 4.78 is 25.7. The molecule has 0 radical (unpaired) electrons. The Balaban J connectivity index is 1.38. The zero-order valence-corrected chi connectivity index (χ0v) is 21.5. The standard InChI is InChI=1S/C30H37FN2O3/c1-3-36-29(34)30(16-19-33(20-17-30)18-8-11-23-9-5-4-6-10-23)15-7-12-25-26-21-24(35-2)13-14-28(26)32-22-27(25)31/h4-6,9-10,13-14,21-22H,3,7-8,11-12,15-20H2,1-2H3. The van der Waals surface area contributed by atoms with E-state index in [1.165, 1.54) is 11.8 Å². The molecule has 36 heavy (non-hydrogen) atoms. The third-order valence-corrected chi connectivity index (χ3v) is 7.52. The van der Waals surface area contributed by atoms with Crippen molar-refractivity contribution >= 4 is 16.9 Å². The average molecular weight is 493 g/mol. The Morgan fingerprint density at radius 1 is 1.08 bits per heavy atom. The van der Waals surface area contributed by atoms with Crippen LogP contribution >= 0.6 is 0 Å². The number of piperidine rings is 1. The summed E-state index contributed by atoms with van der Waals surface area (Å²) in [6.45, 7) is 5.04. The minimum Gasteiger partial charge on any atom is -0.497 e. The Hall–Kier alpha value is -2.99. The van der Waals surface area contributed by atoms with E-state index >= 15 is 0 Å². The predicted octanol–water partition coefficient (Wildman–Crippen LogP) is 5.98. The van der Waals surface area contributed by atoms with Gasteiger partial charge in [-0.3, -0.25) is 9.78 Å². The van der Waals surface area contributed by atoms with E-state index in [1.807, 2.05) is 31.2 Å². The van der Waals surface area contributed by atoms with Gasteiger partial charge >= 0.3 is 5.97 Å². The molecule has 3 aromatic rings. The lowest BCUT2D eigenvalue weighted by Crippen LogP contribution is -2.45. The van der Waals surface area contributed by atoms with Gasteiger partial charge in [-0.2, -0.15) is 0 Å². The van der Waals surface area contributed by atoms with Crippen LogP contribution in [0, 0.1) is 11.2 Å². The Labute approximate surface area is 213 Å². The van der Waals surface area contributed by atoms with Crippen LogP contribution in [-0.2, 0) is 22.4 Å². The number of nitrogens with zero attached hydrogens (tertiary/aromatic N) is 2. The fourth-order valence-corrected chi connectivity index (χ4v) is 5.38. The summed E-state index contributed by atoms with van der Waals surface area (Å²) in [4.78, 5) is 19.8. The van der Waals surface area contributed by atoms with Gasteiger partial charge in [0.15, 0.2) is 0 Å². The number of carbonyl (C=O) groups is 1. The maximum Gasteiger partial charge on any atom is 0.312 e. The lowest BCUT2D eigenvalue weighted by molar-refractivity contribution is -0.159. The molecule has 1 aromatic heterocycles. The second-order valence-electron chi connectivity index (χ2n) is 9.75. The van der Waals surface area contributed by atoms with E-state index in [0.717, 1.165) is 56.2 Å². The third kappa shape index (κ3) is 6.22. The number of hydrogen-bond acceptors (Lipinski definition) is 5. The molecule has 4 rings (SSSR count). The number of methoxy groups -OCH3 is 1. The number of esters is 1. The molecule has 1 aliphatic rings. The number of hydrogen-bond donors (Lipinski definition) is 0. The van der Waals surface area contributed by atoms with E-state index in [2.05, 4.69) is 34.1 Å². The molecule has 0 atom stereocenters. The molecule has 0 aliphatic carbocycles. The molecule has 5 nitrogen and oxygen atoms in total. The summed E-state index contributed by atoms with van der Waals surface area (Å²) in [7, 11) is 1.60. The molecule has 1 fully saturated rings. The van der Waals surface area contributed by atoms with Crippen LogP contribution in [0.2, 0.25) is 0 Å². The summed E-state index contributed by atoms with van der Waals surface area (Å²) in [6.07, 6.45) is 6.97. The van der Waals surface area contributed by atoms with Gasteiger partial charge in [0.25, 0.3) is 0 Å². The lowest BCUT2D eigenvalue weighted by atomic mass is 9.74. The van der Waals surface area contributed by atoms with Crippen LogP contribution in [0.1, 0.15) is 50.2 Å². The van der Waals surface area contributed by atoms with Crippen molar-refractivity contribution in [1.82, 2.24) is 9.88 Å². The van der Waals surface area contributed by atoms with Crippen LogP contribution in [0.5, 0.6) is 5.75 Å². The van der Waals surface area contributed by atoms with Gasteiger partial charge in [0.05, 0.1) is 30.8 Å². The van der Waals surface area contributed by atoms with Crippen molar-refractivity contribution in [3.63, 3.8) is 0 Å². The Morgan fingerprint density at radius 2 is 1.86 bits per heavy atom. The zero-order chi connectivity index (χ0) is 25.4. The van der Waals surface area contributed by atoms with Crippen LogP contribution in [-0.4, -0.2) is 49.2 Å². The quantitative estimate of drug-likeness (QED) is 0.308. The molecular formula is C30H37FN2O3. The number of likely N-dealkylation sites (tertiary alicyclic amines) is 1. The van der Waals surface area contributed by atoms with E-state index in [9.17, 15) is 9.18 Å². The third-order valence-electron chi connectivity index (χ3n) is 7.52. The number of aryl methyl sites for hydroxylation is 2. The number of ether oxygens (including phenoxy) is 2. The van der Waals surface area contributed by atoms with E-state index < -0.39 is 5.41 Å².